The van der Waals surface area contributed by atoms with Crippen LogP contribution in [-0.2, 0) is 16.4 Å². The largest absolute Gasteiger partial charge is 0.440 e. The highest BCUT2D eigenvalue weighted by molar-refractivity contribution is 7.89. The molecule has 2 N–H and O–H groups in total. The lowest BCUT2D eigenvalue weighted by atomic mass is 10.0. The molecular weight excluding hydrogens is 403 g/mol. The van der Waals surface area contributed by atoms with E-state index in [1.54, 1.807) is 31.2 Å². The van der Waals surface area contributed by atoms with E-state index >= 15 is 0 Å². The molecule has 0 amide bonds. The van der Waals surface area contributed by atoms with Crippen molar-refractivity contribution >= 4 is 10.0 Å². The molecule has 7 heteroatoms. The predicted molar refractivity (Wildman–Crippen MR) is 113 cm³/mol. The third kappa shape index (κ3) is 4.17. The maximum absolute atomic E-state index is 14.7. The molecule has 0 aliphatic rings. The van der Waals surface area contributed by atoms with E-state index in [0.29, 0.717) is 29.3 Å². The number of benzene rings is 3. The maximum atomic E-state index is 14.7. The topological polar surface area (TPSA) is 86.2 Å². The van der Waals surface area contributed by atoms with E-state index in [-0.39, 0.29) is 10.5 Å². The van der Waals surface area contributed by atoms with Gasteiger partial charge in [-0.25, -0.2) is 22.9 Å². The molecule has 30 heavy (non-hydrogen) atoms. The molecule has 0 atom stereocenters. The van der Waals surface area contributed by atoms with Crippen molar-refractivity contribution in [3.05, 3.63) is 95.6 Å². The third-order valence-corrected chi connectivity index (χ3v) is 5.62. The molecule has 0 saturated heterocycles. The smallest absolute Gasteiger partial charge is 0.238 e. The molecule has 152 valence electrons. The Morgan fingerprint density at radius 2 is 1.70 bits per heavy atom. The molecule has 0 aliphatic heterocycles. The second kappa shape index (κ2) is 7.85. The molecule has 1 aromatic heterocycles. The van der Waals surface area contributed by atoms with E-state index < -0.39 is 15.8 Å². The Kier molecular flexibility index (Phi) is 5.24. The summed E-state index contributed by atoms with van der Waals surface area (Å²) in [6.45, 7) is 1.81. The predicted octanol–water partition coefficient (Wildman–Crippen LogP) is 4.69. The first-order chi connectivity index (χ1) is 14.3. The van der Waals surface area contributed by atoms with Gasteiger partial charge in [0.15, 0.2) is 11.7 Å². The summed E-state index contributed by atoms with van der Waals surface area (Å²) < 4.78 is 43.8. The standard InChI is InChI=1S/C23H19FN2O3S/c1-15-7-12-19(20(24)13-15)23-22(17-8-10-18(11-9-17)30(25,27)28)26-21(29-23)14-16-5-3-2-4-6-16/h2-13H,14H2,1H3,(H2,25,27,28). The molecule has 0 bridgehead atoms. The van der Waals surface area contributed by atoms with Gasteiger partial charge < -0.3 is 4.42 Å². The first-order valence-electron chi connectivity index (χ1n) is 9.24. The Morgan fingerprint density at radius 3 is 2.33 bits per heavy atom. The van der Waals surface area contributed by atoms with Crippen molar-refractivity contribution < 1.29 is 17.2 Å². The van der Waals surface area contributed by atoms with Crippen LogP contribution < -0.4 is 5.14 Å². The summed E-state index contributed by atoms with van der Waals surface area (Å²) in [5.41, 5.74) is 3.12. The van der Waals surface area contributed by atoms with Crippen molar-refractivity contribution in [3.63, 3.8) is 0 Å². The number of nitrogens with two attached hydrogens (primary N) is 1. The summed E-state index contributed by atoms with van der Waals surface area (Å²) in [4.78, 5) is 4.58. The first-order valence-corrected chi connectivity index (χ1v) is 10.8. The van der Waals surface area contributed by atoms with Crippen LogP contribution in [0.25, 0.3) is 22.6 Å². The summed E-state index contributed by atoms with van der Waals surface area (Å²) in [6.07, 6.45) is 0.441. The van der Waals surface area contributed by atoms with Crippen LogP contribution in [0.15, 0.2) is 82.1 Å². The Morgan fingerprint density at radius 1 is 1.00 bits per heavy atom. The van der Waals surface area contributed by atoms with Crippen LogP contribution in [0.2, 0.25) is 0 Å². The van der Waals surface area contributed by atoms with Gasteiger partial charge in [0.25, 0.3) is 0 Å². The minimum atomic E-state index is -3.81. The Bertz CT molecular complexity index is 1300. The van der Waals surface area contributed by atoms with Crippen LogP contribution in [0.4, 0.5) is 4.39 Å². The Hall–Kier alpha value is -3.29. The van der Waals surface area contributed by atoms with Gasteiger partial charge in [0, 0.05) is 12.0 Å². The van der Waals surface area contributed by atoms with E-state index in [0.717, 1.165) is 11.1 Å². The highest BCUT2D eigenvalue weighted by Crippen LogP contribution is 2.35. The van der Waals surface area contributed by atoms with Gasteiger partial charge in [0.05, 0.1) is 10.5 Å². The number of nitrogens with zero attached hydrogens (tertiary/aromatic N) is 1. The highest BCUT2D eigenvalue weighted by atomic mass is 32.2. The van der Waals surface area contributed by atoms with Gasteiger partial charge in [-0.3, -0.25) is 0 Å². The molecule has 4 aromatic rings. The second-order valence-electron chi connectivity index (χ2n) is 7.00. The van der Waals surface area contributed by atoms with Crippen LogP contribution in [0.1, 0.15) is 17.0 Å². The van der Waals surface area contributed by atoms with Crippen LogP contribution in [0.5, 0.6) is 0 Å². The summed E-state index contributed by atoms with van der Waals surface area (Å²) in [5, 5.41) is 5.18. The average molecular weight is 422 g/mol. The number of primary sulfonamides is 1. The monoisotopic (exact) mass is 422 g/mol. The summed E-state index contributed by atoms with van der Waals surface area (Å²) in [7, 11) is -3.81. The summed E-state index contributed by atoms with van der Waals surface area (Å²) >= 11 is 0. The van der Waals surface area contributed by atoms with Gasteiger partial charge in [-0.2, -0.15) is 0 Å². The lowest BCUT2D eigenvalue weighted by molar-refractivity contribution is 0.514. The lowest BCUT2D eigenvalue weighted by Gasteiger charge is -2.05. The quantitative estimate of drug-likeness (QED) is 0.505. The number of aryl methyl sites for hydroxylation is 1. The normalized spacial score (nSPS) is 11.6. The molecule has 0 radical (unpaired) electrons. The van der Waals surface area contributed by atoms with E-state index in [4.69, 9.17) is 9.56 Å². The molecule has 0 aliphatic carbocycles. The number of sulfonamides is 1. The van der Waals surface area contributed by atoms with Crippen LogP contribution in [0.3, 0.4) is 0 Å². The zero-order valence-corrected chi connectivity index (χ0v) is 17.0. The van der Waals surface area contributed by atoms with E-state index in [1.807, 2.05) is 30.3 Å². The summed E-state index contributed by atoms with van der Waals surface area (Å²) in [6, 6.07) is 20.5. The average Bonchev–Trinajstić information content (AvgIpc) is 3.11. The number of rotatable bonds is 5. The molecule has 0 unspecified atom stereocenters. The number of aromatic nitrogens is 1. The Balaban J connectivity index is 1.83. The van der Waals surface area contributed by atoms with Crippen LogP contribution >= 0.6 is 0 Å². The Labute approximate surface area is 174 Å². The lowest BCUT2D eigenvalue weighted by Crippen LogP contribution is -2.11. The van der Waals surface area contributed by atoms with Crippen LogP contribution in [0, 0.1) is 12.7 Å². The van der Waals surface area contributed by atoms with Gasteiger partial charge in [-0.05, 0) is 42.3 Å². The number of hydrogen-bond donors (Lipinski definition) is 1. The first kappa shape index (κ1) is 20.0. The molecule has 0 fully saturated rings. The van der Waals surface area contributed by atoms with Gasteiger partial charge in [0.1, 0.15) is 11.5 Å². The van der Waals surface area contributed by atoms with Crippen molar-refractivity contribution in [2.45, 2.75) is 18.2 Å². The fourth-order valence-corrected chi connectivity index (χ4v) is 3.71. The van der Waals surface area contributed by atoms with Crippen molar-refractivity contribution in [2.75, 3.05) is 0 Å². The van der Waals surface area contributed by atoms with E-state index in [9.17, 15) is 12.8 Å². The zero-order valence-electron chi connectivity index (χ0n) is 16.2. The number of hydrogen-bond acceptors (Lipinski definition) is 4. The van der Waals surface area contributed by atoms with Gasteiger partial charge in [-0.1, -0.05) is 48.5 Å². The van der Waals surface area contributed by atoms with Crippen LogP contribution in [-0.4, -0.2) is 13.4 Å². The minimum Gasteiger partial charge on any atom is -0.440 e. The van der Waals surface area contributed by atoms with Crippen molar-refractivity contribution in [2.24, 2.45) is 5.14 Å². The van der Waals surface area contributed by atoms with E-state index in [1.165, 1.54) is 18.2 Å². The van der Waals surface area contributed by atoms with Gasteiger partial charge in [-0.15, -0.1) is 0 Å². The summed E-state index contributed by atoms with van der Waals surface area (Å²) in [5.74, 6) is 0.309. The van der Waals surface area contributed by atoms with Crippen molar-refractivity contribution in [3.8, 4) is 22.6 Å². The highest BCUT2D eigenvalue weighted by Gasteiger charge is 2.20. The van der Waals surface area contributed by atoms with Gasteiger partial charge >= 0.3 is 0 Å². The van der Waals surface area contributed by atoms with Crippen molar-refractivity contribution in [1.82, 2.24) is 4.98 Å². The molecule has 3 aromatic carbocycles. The molecule has 0 saturated carbocycles. The third-order valence-electron chi connectivity index (χ3n) is 4.70. The number of halogens is 1. The maximum Gasteiger partial charge on any atom is 0.238 e. The van der Waals surface area contributed by atoms with Gasteiger partial charge in [0.2, 0.25) is 10.0 Å². The molecular formula is C23H19FN2O3S. The fourth-order valence-electron chi connectivity index (χ4n) is 3.20. The molecule has 0 spiro atoms. The molecule has 4 rings (SSSR count). The van der Waals surface area contributed by atoms with Crippen molar-refractivity contribution in [1.29, 1.82) is 0 Å². The zero-order chi connectivity index (χ0) is 21.3. The number of oxazole rings is 1. The minimum absolute atomic E-state index is 0.0117. The SMILES string of the molecule is Cc1ccc(-c2oc(Cc3ccccc3)nc2-c2ccc(S(N)(=O)=O)cc2)c(F)c1. The molecule has 1 heterocycles. The molecule has 5 nitrogen and oxygen atoms in total. The van der Waals surface area contributed by atoms with E-state index in [2.05, 4.69) is 4.98 Å². The second-order valence-corrected chi connectivity index (χ2v) is 8.56. The fraction of sp³-hybridized carbons (Fsp3) is 0.0870.